The predicted molar refractivity (Wildman–Crippen MR) is 134 cm³/mol. The van der Waals surface area contributed by atoms with E-state index in [1.165, 1.54) is 0 Å². The van der Waals surface area contributed by atoms with E-state index >= 15 is 0 Å². The molecule has 1 atom stereocenters. The van der Waals surface area contributed by atoms with E-state index in [-0.39, 0.29) is 6.04 Å². The van der Waals surface area contributed by atoms with Gasteiger partial charge in [-0.2, -0.15) is 0 Å². The first-order valence-corrected chi connectivity index (χ1v) is 11.7. The van der Waals surface area contributed by atoms with E-state index in [4.69, 9.17) is 16.1 Å². The Bertz CT molecular complexity index is 1260. The molecule has 0 spiro atoms. The highest BCUT2D eigenvalue weighted by Crippen LogP contribution is 2.26. The number of nitrogens with two attached hydrogens (primary N) is 1. The van der Waals surface area contributed by atoms with Gasteiger partial charge in [0, 0.05) is 30.3 Å². The Kier molecular flexibility index (Phi) is 6.44. The fourth-order valence-corrected chi connectivity index (χ4v) is 4.42. The lowest BCUT2D eigenvalue weighted by Gasteiger charge is -2.24. The second-order valence-corrected chi connectivity index (χ2v) is 8.59. The molecule has 9 heteroatoms. The SMILES string of the molecule is N=C1CCC(Nc2nccn3c(-c4ccnc(NC(CCN)c5ccccc5)n4)cnc23)CC1. The molecule has 1 fully saturated rings. The van der Waals surface area contributed by atoms with E-state index in [2.05, 4.69) is 37.7 Å². The summed E-state index contributed by atoms with van der Waals surface area (Å²) in [6.07, 6.45) is 11.6. The van der Waals surface area contributed by atoms with Crippen molar-refractivity contribution in [3.05, 3.63) is 66.7 Å². The van der Waals surface area contributed by atoms with Crippen LogP contribution in [0.2, 0.25) is 0 Å². The van der Waals surface area contributed by atoms with Crippen LogP contribution in [0, 0.1) is 5.41 Å². The summed E-state index contributed by atoms with van der Waals surface area (Å²) in [5.74, 6) is 1.30. The van der Waals surface area contributed by atoms with Gasteiger partial charge < -0.3 is 21.8 Å². The minimum absolute atomic E-state index is 0.0283. The Morgan fingerprint density at radius 3 is 2.68 bits per heavy atom. The molecule has 1 aliphatic carbocycles. The quantitative estimate of drug-likeness (QED) is 0.315. The van der Waals surface area contributed by atoms with E-state index in [1.807, 2.05) is 41.1 Å². The molecule has 4 aromatic rings. The number of aromatic nitrogens is 5. The molecule has 9 nitrogen and oxygen atoms in total. The van der Waals surface area contributed by atoms with Gasteiger partial charge in [0.1, 0.15) is 0 Å². The fourth-order valence-electron chi connectivity index (χ4n) is 4.42. The van der Waals surface area contributed by atoms with Crippen molar-refractivity contribution in [3.8, 4) is 11.4 Å². The number of hydrogen-bond acceptors (Lipinski definition) is 8. The van der Waals surface area contributed by atoms with E-state index < -0.39 is 0 Å². The molecule has 0 bridgehead atoms. The summed E-state index contributed by atoms with van der Waals surface area (Å²) in [5, 5.41) is 14.8. The highest BCUT2D eigenvalue weighted by atomic mass is 15.1. The second kappa shape index (κ2) is 9.96. The molecule has 34 heavy (non-hydrogen) atoms. The second-order valence-electron chi connectivity index (χ2n) is 8.59. The Morgan fingerprint density at radius 1 is 1.06 bits per heavy atom. The number of nitrogens with zero attached hydrogens (tertiary/aromatic N) is 5. The van der Waals surface area contributed by atoms with Crippen LogP contribution in [0.15, 0.2) is 61.2 Å². The molecule has 0 amide bonds. The minimum atomic E-state index is 0.0283. The first-order chi connectivity index (χ1) is 16.7. The smallest absolute Gasteiger partial charge is 0.223 e. The third-order valence-corrected chi connectivity index (χ3v) is 6.24. The van der Waals surface area contributed by atoms with Crippen molar-refractivity contribution in [3.63, 3.8) is 0 Å². The van der Waals surface area contributed by atoms with Gasteiger partial charge in [0.05, 0.1) is 23.6 Å². The molecule has 1 saturated carbocycles. The molecule has 5 N–H and O–H groups in total. The lowest BCUT2D eigenvalue weighted by molar-refractivity contribution is 0.588. The summed E-state index contributed by atoms with van der Waals surface area (Å²) in [6.45, 7) is 0.560. The Labute approximate surface area is 198 Å². The third kappa shape index (κ3) is 4.74. The topological polar surface area (TPSA) is 130 Å². The maximum atomic E-state index is 7.84. The molecule has 3 heterocycles. The molecule has 3 aromatic heterocycles. The average molecular weight is 456 g/mol. The van der Waals surface area contributed by atoms with Crippen LogP contribution in [0.3, 0.4) is 0 Å². The monoisotopic (exact) mass is 455 g/mol. The van der Waals surface area contributed by atoms with Gasteiger partial charge in [-0.25, -0.2) is 19.9 Å². The Hall–Kier alpha value is -3.85. The zero-order valence-electron chi connectivity index (χ0n) is 19.0. The highest BCUT2D eigenvalue weighted by Gasteiger charge is 2.19. The van der Waals surface area contributed by atoms with Gasteiger partial charge in [-0.3, -0.25) is 4.40 Å². The molecular weight excluding hydrogens is 426 g/mol. The van der Waals surface area contributed by atoms with Gasteiger partial charge in [-0.15, -0.1) is 0 Å². The van der Waals surface area contributed by atoms with Crippen LogP contribution in [-0.2, 0) is 0 Å². The maximum absolute atomic E-state index is 7.84. The molecule has 1 aliphatic rings. The van der Waals surface area contributed by atoms with Gasteiger partial charge in [0.25, 0.3) is 0 Å². The van der Waals surface area contributed by atoms with Gasteiger partial charge in [-0.05, 0) is 50.3 Å². The third-order valence-electron chi connectivity index (χ3n) is 6.24. The number of rotatable bonds is 8. The van der Waals surface area contributed by atoms with Gasteiger partial charge >= 0.3 is 0 Å². The molecule has 0 aliphatic heterocycles. The van der Waals surface area contributed by atoms with Crippen molar-refractivity contribution in [1.82, 2.24) is 24.3 Å². The average Bonchev–Trinajstić information content (AvgIpc) is 3.31. The van der Waals surface area contributed by atoms with Crippen LogP contribution in [0.4, 0.5) is 11.8 Å². The molecule has 0 radical (unpaired) electrons. The van der Waals surface area contributed by atoms with Crippen molar-refractivity contribution in [2.45, 2.75) is 44.2 Å². The number of nitrogens with one attached hydrogen (secondary N) is 3. The van der Waals surface area contributed by atoms with Gasteiger partial charge in [0.2, 0.25) is 5.95 Å². The highest BCUT2D eigenvalue weighted by molar-refractivity contribution is 5.82. The van der Waals surface area contributed by atoms with Crippen LogP contribution in [0.1, 0.15) is 43.7 Å². The molecule has 5 rings (SSSR count). The zero-order valence-corrected chi connectivity index (χ0v) is 19.0. The van der Waals surface area contributed by atoms with E-state index in [1.54, 1.807) is 12.4 Å². The van der Waals surface area contributed by atoms with Crippen LogP contribution >= 0.6 is 0 Å². The van der Waals surface area contributed by atoms with Crippen molar-refractivity contribution >= 4 is 23.1 Å². The van der Waals surface area contributed by atoms with E-state index in [0.29, 0.717) is 18.5 Å². The first kappa shape index (κ1) is 22.0. The van der Waals surface area contributed by atoms with Crippen molar-refractivity contribution in [2.24, 2.45) is 5.73 Å². The number of benzene rings is 1. The molecule has 1 unspecified atom stereocenters. The Balaban J connectivity index is 1.40. The fraction of sp³-hybridized carbons (Fsp3) is 0.320. The van der Waals surface area contributed by atoms with E-state index in [0.717, 1.165) is 66.2 Å². The van der Waals surface area contributed by atoms with Crippen LogP contribution in [0.25, 0.3) is 17.0 Å². The standard InChI is InChI=1S/C25H29N9/c26-12-10-20(17-4-2-1-3-5-17)32-25-29-13-11-21(33-25)22-16-30-24-23(28-14-15-34(22)24)31-19-8-6-18(27)7-9-19/h1-5,11,13-16,19-20,27H,6-10,12,26H2,(H,28,31)(H,29,32,33). The molecule has 1 aromatic carbocycles. The van der Waals surface area contributed by atoms with Crippen molar-refractivity contribution in [2.75, 3.05) is 17.2 Å². The summed E-state index contributed by atoms with van der Waals surface area (Å²) in [7, 11) is 0. The largest absolute Gasteiger partial charge is 0.364 e. The van der Waals surface area contributed by atoms with Gasteiger partial charge in [-0.1, -0.05) is 30.3 Å². The summed E-state index contributed by atoms with van der Waals surface area (Å²) in [5.41, 5.74) is 10.2. The number of anilines is 2. The van der Waals surface area contributed by atoms with Crippen molar-refractivity contribution in [1.29, 1.82) is 5.41 Å². The van der Waals surface area contributed by atoms with Crippen LogP contribution < -0.4 is 16.4 Å². The summed E-state index contributed by atoms with van der Waals surface area (Å²) in [6, 6.07) is 12.4. The number of imidazole rings is 1. The molecule has 0 saturated heterocycles. The normalized spacial score (nSPS) is 17.0. The number of fused-ring (bicyclic) bond motifs is 1. The Morgan fingerprint density at radius 2 is 1.88 bits per heavy atom. The molecular formula is C25H29N9. The molecule has 174 valence electrons. The lowest BCUT2D eigenvalue weighted by Crippen LogP contribution is -2.26. The minimum Gasteiger partial charge on any atom is -0.364 e. The van der Waals surface area contributed by atoms with Crippen LogP contribution in [-0.4, -0.2) is 42.6 Å². The maximum Gasteiger partial charge on any atom is 0.223 e. The predicted octanol–water partition coefficient (Wildman–Crippen LogP) is 4.06. The van der Waals surface area contributed by atoms with Gasteiger partial charge in [0.15, 0.2) is 11.5 Å². The first-order valence-electron chi connectivity index (χ1n) is 11.7. The van der Waals surface area contributed by atoms with E-state index in [9.17, 15) is 0 Å². The lowest BCUT2D eigenvalue weighted by atomic mass is 9.94. The summed E-state index contributed by atoms with van der Waals surface area (Å²) >= 11 is 0. The van der Waals surface area contributed by atoms with Crippen molar-refractivity contribution < 1.29 is 0 Å². The zero-order chi connectivity index (χ0) is 23.3. The summed E-state index contributed by atoms with van der Waals surface area (Å²) in [4.78, 5) is 18.4. The number of hydrogen-bond donors (Lipinski definition) is 4. The van der Waals surface area contributed by atoms with Crippen LogP contribution in [0.5, 0.6) is 0 Å². The summed E-state index contributed by atoms with van der Waals surface area (Å²) < 4.78 is 2.00.